The zero-order valence-corrected chi connectivity index (χ0v) is 11.4. The van der Waals surface area contributed by atoms with Crippen molar-refractivity contribution in [3.63, 3.8) is 0 Å². The van der Waals surface area contributed by atoms with Crippen LogP contribution < -0.4 is 0 Å². The molecule has 2 atom stereocenters. The summed E-state index contributed by atoms with van der Waals surface area (Å²) in [4.78, 5) is 3.98. The Kier molecular flexibility index (Phi) is 4.68. The van der Waals surface area contributed by atoms with Crippen LogP contribution in [-0.4, -0.2) is 35.8 Å². The molecule has 0 aliphatic carbocycles. The Morgan fingerprint density at radius 2 is 2.00 bits per heavy atom. The van der Waals surface area contributed by atoms with Crippen molar-refractivity contribution in [2.24, 2.45) is 5.92 Å². The van der Waals surface area contributed by atoms with E-state index in [-0.39, 0.29) is 6.04 Å². The van der Waals surface area contributed by atoms with Crippen LogP contribution in [0.2, 0.25) is 0 Å². The molecule has 2 heterocycles. The van der Waals surface area contributed by atoms with E-state index in [1.54, 1.807) is 18.7 Å². The molecule has 104 valence electrons. The number of aromatic nitrogens is 5. The Morgan fingerprint density at radius 1 is 1.16 bits per heavy atom. The van der Waals surface area contributed by atoms with Crippen molar-refractivity contribution in [2.75, 3.05) is 0 Å². The highest BCUT2D eigenvalue weighted by Gasteiger charge is 2.18. The van der Waals surface area contributed by atoms with Gasteiger partial charge in [-0.1, -0.05) is 19.1 Å². The molecule has 6 nitrogen and oxygen atoms in total. The van der Waals surface area contributed by atoms with Gasteiger partial charge in [-0.15, -0.1) is 5.10 Å². The van der Waals surface area contributed by atoms with Gasteiger partial charge in [0.1, 0.15) is 0 Å². The third-order valence-corrected chi connectivity index (χ3v) is 3.08. The van der Waals surface area contributed by atoms with Gasteiger partial charge < -0.3 is 9.67 Å². The molecule has 2 aromatic rings. The molecule has 1 N–H and O–H groups in total. The molecular formula is C13H21N5O. The third kappa shape index (κ3) is 4.17. The highest BCUT2D eigenvalue weighted by Crippen LogP contribution is 2.22. The van der Waals surface area contributed by atoms with Gasteiger partial charge in [0.15, 0.2) is 0 Å². The lowest BCUT2D eigenvalue weighted by Crippen LogP contribution is -2.23. The lowest BCUT2D eigenvalue weighted by molar-refractivity contribution is 0.116. The molecule has 0 aliphatic rings. The Hall–Kier alpha value is -1.69. The highest BCUT2D eigenvalue weighted by molar-refractivity contribution is 4.79. The molecular weight excluding hydrogens is 242 g/mol. The third-order valence-electron chi connectivity index (χ3n) is 3.08. The van der Waals surface area contributed by atoms with Crippen LogP contribution in [0.15, 0.2) is 31.1 Å². The summed E-state index contributed by atoms with van der Waals surface area (Å²) in [5.41, 5.74) is 0. The quantitative estimate of drug-likeness (QED) is 0.822. The number of nitrogens with zero attached hydrogens (tertiary/aromatic N) is 5. The van der Waals surface area contributed by atoms with E-state index in [1.165, 1.54) is 0 Å². The number of rotatable bonds is 7. The van der Waals surface area contributed by atoms with Crippen LogP contribution in [-0.2, 0) is 6.54 Å². The predicted octanol–water partition coefficient (Wildman–Crippen LogP) is 1.51. The number of aliphatic hydroxyl groups is 1. The van der Waals surface area contributed by atoms with E-state index in [0.717, 1.165) is 6.42 Å². The summed E-state index contributed by atoms with van der Waals surface area (Å²) in [6, 6.07) is 0.182. The summed E-state index contributed by atoms with van der Waals surface area (Å²) in [5, 5.41) is 18.1. The Morgan fingerprint density at radius 3 is 2.58 bits per heavy atom. The minimum Gasteiger partial charge on any atom is -0.391 e. The van der Waals surface area contributed by atoms with Crippen molar-refractivity contribution >= 4 is 0 Å². The molecule has 0 amide bonds. The highest BCUT2D eigenvalue weighted by atomic mass is 16.3. The molecule has 0 bridgehead atoms. The maximum absolute atomic E-state index is 10.2. The van der Waals surface area contributed by atoms with Gasteiger partial charge in [-0.05, 0) is 18.8 Å². The van der Waals surface area contributed by atoms with Crippen LogP contribution in [0.25, 0.3) is 0 Å². The molecule has 0 radical (unpaired) electrons. The van der Waals surface area contributed by atoms with Crippen molar-refractivity contribution < 1.29 is 5.11 Å². The van der Waals surface area contributed by atoms with E-state index in [2.05, 4.69) is 29.1 Å². The first-order valence-corrected chi connectivity index (χ1v) is 6.64. The van der Waals surface area contributed by atoms with Gasteiger partial charge in [0.25, 0.3) is 0 Å². The first kappa shape index (κ1) is 13.7. The van der Waals surface area contributed by atoms with Gasteiger partial charge in [0.2, 0.25) is 0 Å². The van der Waals surface area contributed by atoms with Crippen LogP contribution >= 0.6 is 0 Å². The van der Waals surface area contributed by atoms with E-state index in [9.17, 15) is 5.11 Å². The summed E-state index contributed by atoms with van der Waals surface area (Å²) in [7, 11) is 0. The van der Waals surface area contributed by atoms with Crippen LogP contribution in [0.5, 0.6) is 0 Å². The number of aliphatic hydroxyl groups excluding tert-OH is 1. The van der Waals surface area contributed by atoms with Gasteiger partial charge in [-0.3, -0.25) is 0 Å². The lowest BCUT2D eigenvalue weighted by Gasteiger charge is -2.22. The van der Waals surface area contributed by atoms with Gasteiger partial charge in [0, 0.05) is 25.1 Å². The SMILES string of the molecule is CC(C)CC(CC(O)Cn1ccnc1)n1ccnn1. The average Bonchev–Trinajstić information content (AvgIpc) is 2.99. The summed E-state index contributed by atoms with van der Waals surface area (Å²) < 4.78 is 3.73. The van der Waals surface area contributed by atoms with E-state index >= 15 is 0 Å². The lowest BCUT2D eigenvalue weighted by atomic mass is 9.98. The topological polar surface area (TPSA) is 68.8 Å². The average molecular weight is 263 g/mol. The number of hydrogen-bond donors (Lipinski definition) is 1. The summed E-state index contributed by atoms with van der Waals surface area (Å²) in [5.74, 6) is 0.551. The predicted molar refractivity (Wildman–Crippen MR) is 71.4 cm³/mol. The fourth-order valence-corrected chi connectivity index (χ4v) is 2.30. The maximum Gasteiger partial charge on any atom is 0.0946 e. The summed E-state index contributed by atoms with van der Waals surface area (Å²) in [6.07, 6.45) is 10.1. The largest absolute Gasteiger partial charge is 0.391 e. The van der Waals surface area contributed by atoms with Crippen molar-refractivity contribution in [1.29, 1.82) is 0 Å². The smallest absolute Gasteiger partial charge is 0.0946 e. The zero-order chi connectivity index (χ0) is 13.7. The van der Waals surface area contributed by atoms with Gasteiger partial charge in [0.05, 0.1) is 24.7 Å². The minimum atomic E-state index is -0.415. The van der Waals surface area contributed by atoms with E-state index in [4.69, 9.17) is 0 Å². The molecule has 2 rings (SSSR count). The van der Waals surface area contributed by atoms with Crippen LogP contribution in [0, 0.1) is 5.92 Å². The van der Waals surface area contributed by atoms with Gasteiger partial charge >= 0.3 is 0 Å². The standard InChI is InChI=1S/C13H21N5O/c1-11(2)7-12(18-6-4-15-16-18)8-13(19)9-17-5-3-14-10-17/h3-6,10-13,19H,7-9H2,1-2H3. The molecule has 0 saturated heterocycles. The van der Waals surface area contributed by atoms with E-state index in [1.807, 2.05) is 21.6 Å². The van der Waals surface area contributed by atoms with Crippen molar-refractivity contribution in [3.8, 4) is 0 Å². The van der Waals surface area contributed by atoms with Gasteiger partial charge in [-0.2, -0.15) is 0 Å². The molecule has 0 fully saturated rings. The van der Waals surface area contributed by atoms with Crippen molar-refractivity contribution in [3.05, 3.63) is 31.1 Å². The summed E-state index contributed by atoms with van der Waals surface area (Å²) >= 11 is 0. The number of hydrogen-bond acceptors (Lipinski definition) is 4. The second kappa shape index (κ2) is 6.47. The zero-order valence-electron chi connectivity index (χ0n) is 11.4. The molecule has 6 heteroatoms. The van der Waals surface area contributed by atoms with Crippen LogP contribution in [0.4, 0.5) is 0 Å². The second-order valence-electron chi connectivity index (χ2n) is 5.32. The molecule has 0 saturated carbocycles. The molecule has 19 heavy (non-hydrogen) atoms. The molecule has 0 aliphatic heterocycles. The first-order valence-electron chi connectivity index (χ1n) is 6.64. The second-order valence-corrected chi connectivity index (χ2v) is 5.32. The van der Waals surface area contributed by atoms with Gasteiger partial charge in [-0.25, -0.2) is 9.67 Å². The van der Waals surface area contributed by atoms with Crippen molar-refractivity contribution in [2.45, 2.75) is 45.4 Å². The maximum atomic E-state index is 10.2. The number of imidazole rings is 1. The molecule has 0 spiro atoms. The Balaban J connectivity index is 1.95. The van der Waals surface area contributed by atoms with E-state index in [0.29, 0.717) is 18.9 Å². The fourth-order valence-electron chi connectivity index (χ4n) is 2.30. The minimum absolute atomic E-state index is 0.182. The molecule has 2 unspecified atom stereocenters. The normalized spacial score (nSPS) is 14.7. The summed E-state index contributed by atoms with van der Waals surface area (Å²) in [6.45, 7) is 4.90. The van der Waals surface area contributed by atoms with Crippen molar-refractivity contribution in [1.82, 2.24) is 24.5 Å². The Bertz CT molecular complexity index is 451. The molecule has 0 aromatic carbocycles. The fraction of sp³-hybridized carbons (Fsp3) is 0.615. The monoisotopic (exact) mass is 263 g/mol. The van der Waals surface area contributed by atoms with Crippen LogP contribution in [0.1, 0.15) is 32.7 Å². The molecule has 2 aromatic heterocycles. The van der Waals surface area contributed by atoms with Crippen LogP contribution in [0.3, 0.4) is 0 Å². The van der Waals surface area contributed by atoms with E-state index < -0.39 is 6.10 Å². The Labute approximate surface area is 113 Å². The first-order chi connectivity index (χ1) is 9.15.